The van der Waals surface area contributed by atoms with Crippen molar-refractivity contribution in [2.75, 3.05) is 6.26 Å². The smallest absolute Gasteiger partial charge is 0.212 e. The van der Waals surface area contributed by atoms with Gasteiger partial charge in [-0.3, -0.25) is 5.10 Å². The second-order valence-corrected chi connectivity index (χ2v) is 6.33. The molecule has 0 aromatic carbocycles. The van der Waals surface area contributed by atoms with Gasteiger partial charge in [0.2, 0.25) is 10.0 Å². The molecule has 1 atom stereocenters. The number of nitrogens with zero attached hydrogens (tertiary/aromatic N) is 2. The number of aromatic nitrogens is 2. The Hall–Kier alpha value is -0.880. The average molecular weight is 227 g/mol. The van der Waals surface area contributed by atoms with Crippen LogP contribution in [0.15, 0.2) is 6.20 Å². The van der Waals surface area contributed by atoms with Crippen LogP contribution in [0.5, 0.6) is 0 Å². The summed E-state index contributed by atoms with van der Waals surface area (Å²) >= 11 is 0. The summed E-state index contributed by atoms with van der Waals surface area (Å²) in [6.45, 7) is 0.454. The third-order valence-electron chi connectivity index (χ3n) is 3.19. The van der Waals surface area contributed by atoms with E-state index in [0.717, 1.165) is 24.1 Å². The predicted octanol–water partition coefficient (Wildman–Crippen LogP) is 0.636. The number of sulfonamides is 1. The van der Waals surface area contributed by atoms with Crippen molar-refractivity contribution in [1.29, 1.82) is 0 Å². The van der Waals surface area contributed by atoms with Crippen LogP contribution in [0.2, 0.25) is 0 Å². The maximum absolute atomic E-state index is 11.6. The molecule has 5 nitrogen and oxygen atoms in total. The van der Waals surface area contributed by atoms with E-state index in [0.29, 0.717) is 12.5 Å². The Labute approximate surface area is 88.5 Å². The lowest BCUT2D eigenvalue weighted by molar-refractivity contribution is 0.321. The Morgan fingerprint density at radius 3 is 2.87 bits per heavy atom. The van der Waals surface area contributed by atoms with Crippen molar-refractivity contribution >= 4 is 10.0 Å². The minimum absolute atomic E-state index is 0.0359. The van der Waals surface area contributed by atoms with Gasteiger partial charge in [-0.2, -0.15) is 9.40 Å². The Kier molecular flexibility index (Phi) is 1.76. The summed E-state index contributed by atoms with van der Waals surface area (Å²) in [4.78, 5) is 0. The lowest BCUT2D eigenvalue weighted by Gasteiger charge is -2.21. The van der Waals surface area contributed by atoms with E-state index in [-0.39, 0.29) is 6.04 Å². The highest BCUT2D eigenvalue weighted by atomic mass is 32.2. The van der Waals surface area contributed by atoms with Crippen molar-refractivity contribution in [2.24, 2.45) is 5.92 Å². The van der Waals surface area contributed by atoms with E-state index >= 15 is 0 Å². The van der Waals surface area contributed by atoms with Crippen molar-refractivity contribution in [3.05, 3.63) is 17.5 Å². The van der Waals surface area contributed by atoms with Crippen LogP contribution in [0.3, 0.4) is 0 Å². The van der Waals surface area contributed by atoms with Crippen LogP contribution < -0.4 is 0 Å². The summed E-state index contributed by atoms with van der Waals surface area (Å²) in [5, 5.41) is 6.85. The van der Waals surface area contributed by atoms with Crippen molar-refractivity contribution in [3.8, 4) is 0 Å². The quantitative estimate of drug-likeness (QED) is 0.806. The molecular weight excluding hydrogens is 214 g/mol. The maximum atomic E-state index is 11.6. The van der Waals surface area contributed by atoms with Gasteiger partial charge in [0.15, 0.2) is 0 Å². The van der Waals surface area contributed by atoms with Gasteiger partial charge in [-0.1, -0.05) is 0 Å². The molecule has 0 radical (unpaired) electrons. The molecule has 2 heterocycles. The highest BCUT2D eigenvalue weighted by Crippen LogP contribution is 2.49. The Bertz CT molecular complexity index is 489. The van der Waals surface area contributed by atoms with E-state index in [9.17, 15) is 8.42 Å². The highest BCUT2D eigenvalue weighted by Gasteiger charge is 2.45. The van der Waals surface area contributed by atoms with Crippen LogP contribution in [0.25, 0.3) is 0 Å². The Morgan fingerprint density at radius 1 is 1.53 bits per heavy atom. The lowest BCUT2D eigenvalue weighted by atomic mass is 10.1. The van der Waals surface area contributed by atoms with Crippen LogP contribution >= 0.6 is 0 Å². The molecule has 1 N–H and O–H groups in total. The fraction of sp³-hybridized carbons (Fsp3) is 0.667. The number of hydrogen-bond donors (Lipinski definition) is 1. The van der Waals surface area contributed by atoms with Gasteiger partial charge in [0.1, 0.15) is 0 Å². The molecule has 1 saturated carbocycles. The molecule has 0 bridgehead atoms. The van der Waals surface area contributed by atoms with E-state index < -0.39 is 10.0 Å². The molecule has 1 unspecified atom stereocenters. The Balaban J connectivity index is 2.04. The molecule has 2 aliphatic rings. The van der Waals surface area contributed by atoms with Crippen LogP contribution in [-0.4, -0.2) is 29.2 Å². The topological polar surface area (TPSA) is 66.1 Å². The third kappa shape index (κ3) is 1.39. The zero-order valence-electron chi connectivity index (χ0n) is 8.47. The van der Waals surface area contributed by atoms with Gasteiger partial charge < -0.3 is 0 Å². The van der Waals surface area contributed by atoms with Crippen LogP contribution in [0.4, 0.5) is 0 Å². The standard InChI is InChI=1S/C9H13N3O2S/c1-15(13,14)12-5-8-7(4-10-11-8)9(12)6-2-3-6/h4,6,9H,2-3,5H2,1H3,(H,10,11). The normalized spacial score (nSPS) is 26.9. The zero-order chi connectivity index (χ0) is 10.6. The van der Waals surface area contributed by atoms with Gasteiger partial charge in [0, 0.05) is 5.56 Å². The van der Waals surface area contributed by atoms with E-state index in [1.807, 2.05) is 0 Å². The molecule has 1 aromatic rings. The van der Waals surface area contributed by atoms with Crippen molar-refractivity contribution in [2.45, 2.75) is 25.4 Å². The molecule has 0 amide bonds. The maximum Gasteiger partial charge on any atom is 0.212 e. The lowest BCUT2D eigenvalue weighted by Crippen LogP contribution is -2.29. The van der Waals surface area contributed by atoms with Gasteiger partial charge in [-0.05, 0) is 18.8 Å². The summed E-state index contributed by atoms with van der Waals surface area (Å²) in [7, 11) is -3.11. The van der Waals surface area contributed by atoms with Crippen molar-refractivity contribution in [3.63, 3.8) is 0 Å². The van der Waals surface area contributed by atoms with Gasteiger partial charge in [-0.25, -0.2) is 8.42 Å². The van der Waals surface area contributed by atoms with E-state index in [2.05, 4.69) is 10.2 Å². The first-order chi connectivity index (χ1) is 7.07. The van der Waals surface area contributed by atoms with Gasteiger partial charge in [0.05, 0.1) is 30.7 Å². The molecule has 1 fully saturated rings. The van der Waals surface area contributed by atoms with E-state index in [1.165, 1.54) is 6.26 Å². The molecule has 1 aliphatic heterocycles. The van der Waals surface area contributed by atoms with E-state index in [1.54, 1.807) is 10.5 Å². The van der Waals surface area contributed by atoms with Crippen LogP contribution in [0, 0.1) is 5.92 Å². The number of fused-ring (bicyclic) bond motifs is 1. The fourth-order valence-corrected chi connectivity index (χ4v) is 3.40. The fourth-order valence-electron chi connectivity index (χ4n) is 2.34. The van der Waals surface area contributed by atoms with Crippen LogP contribution in [0.1, 0.15) is 30.1 Å². The first-order valence-corrected chi connectivity index (χ1v) is 6.91. The monoisotopic (exact) mass is 227 g/mol. The molecule has 0 saturated heterocycles. The first-order valence-electron chi connectivity index (χ1n) is 5.06. The number of aromatic amines is 1. The third-order valence-corrected chi connectivity index (χ3v) is 4.40. The highest BCUT2D eigenvalue weighted by molar-refractivity contribution is 7.88. The minimum Gasteiger partial charge on any atom is -0.281 e. The molecule has 15 heavy (non-hydrogen) atoms. The molecular formula is C9H13N3O2S. The van der Waals surface area contributed by atoms with Gasteiger partial charge >= 0.3 is 0 Å². The molecule has 6 heteroatoms. The molecule has 1 aliphatic carbocycles. The first kappa shape index (κ1) is 9.35. The molecule has 3 rings (SSSR count). The van der Waals surface area contributed by atoms with Gasteiger partial charge in [0.25, 0.3) is 0 Å². The van der Waals surface area contributed by atoms with Gasteiger partial charge in [-0.15, -0.1) is 0 Å². The SMILES string of the molecule is CS(=O)(=O)N1Cc2[nH]ncc2C1C1CC1. The summed E-state index contributed by atoms with van der Waals surface area (Å²) in [6.07, 6.45) is 5.30. The van der Waals surface area contributed by atoms with E-state index in [4.69, 9.17) is 0 Å². The minimum atomic E-state index is -3.11. The van der Waals surface area contributed by atoms with Crippen molar-refractivity contribution < 1.29 is 8.42 Å². The summed E-state index contributed by atoms with van der Waals surface area (Å²) in [5.41, 5.74) is 2.03. The zero-order valence-corrected chi connectivity index (χ0v) is 9.29. The summed E-state index contributed by atoms with van der Waals surface area (Å²) < 4.78 is 24.9. The summed E-state index contributed by atoms with van der Waals surface area (Å²) in [6, 6.07) is 0.0359. The van der Waals surface area contributed by atoms with Crippen LogP contribution in [-0.2, 0) is 16.6 Å². The molecule has 0 spiro atoms. The second-order valence-electron chi connectivity index (χ2n) is 4.39. The number of hydrogen-bond acceptors (Lipinski definition) is 3. The number of H-pyrrole nitrogens is 1. The molecule has 82 valence electrons. The summed E-state index contributed by atoms with van der Waals surface area (Å²) in [5.74, 6) is 0.499. The second kappa shape index (κ2) is 2.82. The van der Waals surface area contributed by atoms with Crippen molar-refractivity contribution in [1.82, 2.24) is 14.5 Å². The molecule has 1 aromatic heterocycles. The number of rotatable bonds is 2. The number of nitrogens with one attached hydrogen (secondary N) is 1. The largest absolute Gasteiger partial charge is 0.281 e. The average Bonchev–Trinajstić information content (AvgIpc) is 2.74. The Morgan fingerprint density at radius 2 is 2.27 bits per heavy atom. The predicted molar refractivity (Wildman–Crippen MR) is 54.4 cm³/mol.